The fraction of sp³-hybridized carbons (Fsp3) is 0.375. The quantitative estimate of drug-likeness (QED) is 0.485. The molecule has 1 aromatic heterocycles. The van der Waals surface area contributed by atoms with E-state index in [1.54, 1.807) is 0 Å². The van der Waals surface area contributed by atoms with Crippen LogP contribution in [0.3, 0.4) is 0 Å². The molecule has 0 saturated heterocycles. The van der Waals surface area contributed by atoms with Crippen molar-refractivity contribution in [3.05, 3.63) is 29.8 Å². The first-order valence-electron chi connectivity index (χ1n) is 7.95. The molecule has 152 valence electrons. The normalized spacial score (nSPS) is 11.8. The van der Waals surface area contributed by atoms with Gasteiger partial charge in [-0.1, -0.05) is 23.1 Å². The van der Waals surface area contributed by atoms with Gasteiger partial charge in [-0.3, -0.25) is 10.1 Å². The average molecular weight is 433 g/mol. The largest absolute Gasteiger partial charge is 0.416 e. The molecule has 0 radical (unpaired) electrons. The number of thioether (sulfide) groups is 1. The van der Waals surface area contributed by atoms with Crippen molar-refractivity contribution in [2.24, 2.45) is 0 Å². The van der Waals surface area contributed by atoms with Crippen molar-refractivity contribution in [3.63, 3.8) is 0 Å². The van der Waals surface area contributed by atoms with Crippen LogP contribution in [-0.2, 0) is 11.0 Å². The molecule has 0 atom stereocenters. The first-order valence-corrected chi connectivity index (χ1v) is 9.75. The molecular weight excluding hydrogens is 415 g/mol. The van der Waals surface area contributed by atoms with E-state index < -0.39 is 29.2 Å². The summed E-state index contributed by atoms with van der Waals surface area (Å²) < 4.78 is 38.0. The zero-order valence-electron chi connectivity index (χ0n) is 15.2. The summed E-state index contributed by atoms with van der Waals surface area (Å²) in [4.78, 5) is 23.7. The number of hydrogen-bond acceptors (Lipinski definition) is 6. The number of hydrogen-bond donors (Lipinski definition) is 3. The number of nitrogens with zero attached hydrogens (tertiary/aromatic N) is 2. The molecule has 0 bridgehead atoms. The first kappa shape index (κ1) is 22.0. The van der Waals surface area contributed by atoms with Gasteiger partial charge in [0, 0.05) is 11.2 Å². The van der Waals surface area contributed by atoms with Gasteiger partial charge in [-0.2, -0.15) is 13.2 Å². The first-order chi connectivity index (χ1) is 12.9. The van der Waals surface area contributed by atoms with Crippen LogP contribution in [0.5, 0.6) is 0 Å². The molecule has 2 aromatic rings. The predicted molar refractivity (Wildman–Crippen MR) is 103 cm³/mol. The second-order valence-electron chi connectivity index (χ2n) is 6.61. The van der Waals surface area contributed by atoms with Crippen LogP contribution in [-0.4, -0.2) is 33.4 Å². The summed E-state index contributed by atoms with van der Waals surface area (Å²) in [7, 11) is 0. The predicted octanol–water partition coefficient (Wildman–Crippen LogP) is 4.21. The molecule has 0 saturated carbocycles. The van der Waals surface area contributed by atoms with Gasteiger partial charge in [-0.05, 0) is 45.0 Å². The lowest BCUT2D eigenvalue weighted by molar-refractivity contribution is -0.137. The van der Waals surface area contributed by atoms with Gasteiger partial charge in [0.2, 0.25) is 11.0 Å². The zero-order valence-corrected chi connectivity index (χ0v) is 16.8. The van der Waals surface area contributed by atoms with Crippen LogP contribution in [0.1, 0.15) is 26.3 Å². The Morgan fingerprint density at radius 1 is 1.07 bits per heavy atom. The molecule has 0 fully saturated rings. The van der Waals surface area contributed by atoms with Crippen LogP contribution in [0.25, 0.3) is 0 Å². The number of alkyl halides is 3. The number of urea groups is 1. The molecule has 1 aromatic carbocycles. The molecule has 2 rings (SSSR count). The van der Waals surface area contributed by atoms with Gasteiger partial charge in [-0.15, -0.1) is 10.2 Å². The minimum absolute atomic E-state index is 0.0101. The third kappa shape index (κ3) is 7.35. The third-order valence-corrected chi connectivity index (χ3v) is 4.91. The van der Waals surface area contributed by atoms with E-state index in [1.165, 1.54) is 12.1 Å². The maximum Gasteiger partial charge on any atom is 0.416 e. The van der Waals surface area contributed by atoms with Crippen LogP contribution in [0.15, 0.2) is 28.6 Å². The van der Waals surface area contributed by atoms with Crippen LogP contribution in [0, 0.1) is 0 Å². The van der Waals surface area contributed by atoms with Gasteiger partial charge in [0.05, 0.1) is 11.3 Å². The van der Waals surface area contributed by atoms with Crippen LogP contribution >= 0.6 is 23.1 Å². The minimum atomic E-state index is -4.42. The highest BCUT2D eigenvalue weighted by atomic mass is 32.2. The van der Waals surface area contributed by atoms with Crippen molar-refractivity contribution >= 4 is 45.9 Å². The number of carbonyl (C=O) groups is 2. The number of anilines is 2. The Morgan fingerprint density at radius 2 is 1.71 bits per heavy atom. The van der Waals surface area contributed by atoms with E-state index in [1.807, 2.05) is 20.8 Å². The Kier molecular flexibility index (Phi) is 6.88. The summed E-state index contributed by atoms with van der Waals surface area (Å²) >= 11 is 2.20. The van der Waals surface area contributed by atoms with E-state index in [0.29, 0.717) is 4.34 Å². The SMILES string of the molecule is CC(C)(C)NC(=O)Nc1nnc(SCC(=O)Nc2ccc(C(F)(F)F)cc2)s1. The highest BCUT2D eigenvalue weighted by molar-refractivity contribution is 8.01. The Morgan fingerprint density at radius 3 is 2.29 bits per heavy atom. The van der Waals surface area contributed by atoms with E-state index in [9.17, 15) is 22.8 Å². The maximum atomic E-state index is 12.5. The van der Waals surface area contributed by atoms with Crippen LogP contribution in [0.2, 0.25) is 0 Å². The van der Waals surface area contributed by atoms with Crippen LogP contribution in [0.4, 0.5) is 28.8 Å². The van der Waals surface area contributed by atoms with Crippen molar-refractivity contribution < 1.29 is 22.8 Å². The Hall–Kier alpha value is -2.34. The molecule has 0 aliphatic heterocycles. The molecule has 7 nitrogen and oxygen atoms in total. The van der Waals surface area contributed by atoms with E-state index in [4.69, 9.17) is 0 Å². The molecule has 0 unspecified atom stereocenters. The fourth-order valence-corrected chi connectivity index (χ4v) is 3.40. The molecule has 1 heterocycles. The fourth-order valence-electron chi connectivity index (χ4n) is 1.85. The molecular formula is C16H18F3N5O2S2. The lowest BCUT2D eigenvalue weighted by Gasteiger charge is -2.19. The van der Waals surface area contributed by atoms with Crippen molar-refractivity contribution in [2.75, 3.05) is 16.4 Å². The third-order valence-electron chi connectivity index (χ3n) is 2.94. The highest BCUT2D eigenvalue weighted by Crippen LogP contribution is 2.30. The van der Waals surface area contributed by atoms with Crippen LogP contribution < -0.4 is 16.0 Å². The smallest absolute Gasteiger partial charge is 0.333 e. The van der Waals surface area contributed by atoms with E-state index >= 15 is 0 Å². The van der Waals surface area contributed by atoms with Crippen molar-refractivity contribution in [1.82, 2.24) is 15.5 Å². The molecule has 0 aliphatic carbocycles. The Bertz CT molecular complexity index is 832. The van der Waals surface area contributed by atoms with E-state index in [-0.39, 0.29) is 16.6 Å². The van der Waals surface area contributed by atoms with Gasteiger partial charge in [0.1, 0.15) is 0 Å². The summed E-state index contributed by atoms with van der Waals surface area (Å²) in [5.74, 6) is -0.413. The van der Waals surface area contributed by atoms with Gasteiger partial charge < -0.3 is 10.6 Å². The molecule has 3 N–H and O–H groups in total. The van der Waals surface area contributed by atoms with Gasteiger partial charge in [0.25, 0.3) is 0 Å². The van der Waals surface area contributed by atoms with Crippen molar-refractivity contribution in [1.29, 1.82) is 0 Å². The van der Waals surface area contributed by atoms with E-state index in [2.05, 4.69) is 26.1 Å². The van der Waals surface area contributed by atoms with Crippen molar-refractivity contribution in [3.8, 4) is 0 Å². The summed E-state index contributed by atoms with van der Waals surface area (Å²) in [5.41, 5.74) is -0.927. The maximum absolute atomic E-state index is 12.5. The highest BCUT2D eigenvalue weighted by Gasteiger charge is 2.30. The lowest BCUT2D eigenvalue weighted by atomic mass is 10.1. The second kappa shape index (κ2) is 8.78. The average Bonchev–Trinajstić information content (AvgIpc) is 2.98. The Balaban J connectivity index is 1.82. The van der Waals surface area contributed by atoms with Crippen molar-refractivity contribution in [2.45, 2.75) is 36.8 Å². The molecule has 0 aliphatic rings. The van der Waals surface area contributed by atoms with Gasteiger partial charge in [0.15, 0.2) is 4.34 Å². The summed E-state index contributed by atoms with van der Waals surface area (Å²) in [5, 5.41) is 15.7. The molecule has 0 spiro atoms. The molecule has 28 heavy (non-hydrogen) atoms. The number of amides is 3. The number of carbonyl (C=O) groups excluding carboxylic acids is 2. The number of aromatic nitrogens is 2. The topological polar surface area (TPSA) is 96.0 Å². The minimum Gasteiger partial charge on any atom is -0.333 e. The summed E-state index contributed by atoms with van der Waals surface area (Å²) in [6.07, 6.45) is -4.42. The number of rotatable bonds is 5. The van der Waals surface area contributed by atoms with Gasteiger partial charge >= 0.3 is 12.2 Å². The summed E-state index contributed by atoms with van der Waals surface area (Å²) in [6, 6.07) is 3.75. The van der Waals surface area contributed by atoms with Gasteiger partial charge in [-0.25, -0.2) is 4.79 Å². The standard InChI is InChI=1S/C16H18F3N5O2S2/c1-15(2,3)22-12(26)21-13-23-24-14(28-13)27-8-11(25)20-10-6-4-9(5-7-10)16(17,18)19/h4-7H,8H2,1-3H3,(H,20,25)(H2,21,22,23,26). The zero-order chi connectivity index (χ0) is 20.9. The molecule has 12 heteroatoms. The Labute approximate surface area is 167 Å². The lowest BCUT2D eigenvalue weighted by Crippen LogP contribution is -2.43. The summed E-state index contributed by atoms with van der Waals surface area (Å²) in [6.45, 7) is 5.51. The number of nitrogens with one attached hydrogen (secondary N) is 3. The monoisotopic (exact) mass is 433 g/mol. The number of halogens is 3. The second-order valence-corrected chi connectivity index (χ2v) is 8.81. The number of benzene rings is 1. The molecule has 3 amide bonds. The van der Waals surface area contributed by atoms with E-state index in [0.717, 1.165) is 35.2 Å².